The van der Waals surface area contributed by atoms with E-state index in [1.165, 1.54) is 0 Å². The Morgan fingerprint density at radius 3 is 2.00 bits per heavy atom. The molecule has 0 radical (unpaired) electrons. The molecule has 0 saturated heterocycles. The molecule has 96 valence electrons. The molecular formula is C14H25N3. The van der Waals surface area contributed by atoms with Gasteiger partial charge in [0.25, 0.3) is 0 Å². The molecule has 3 heteroatoms. The van der Waals surface area contributed by atoms with Gasteiger partial charge in [-0.15, -0.1) is 6.58 Å². The van der Waals surface area contributed by atoms with Crippen LogP contribution in [0, 0.1) is 0 Å². The fourth-order valence-electron chi connectivity index (χ4n) is 0.376. The SMILES string of the molecule is C=CC.C=NC(=C)C.CC.Nc1cccnc1. The summed E-state index contributed by atoms with van der Waals surface area (Å²) >= 11 is 0. The van der Waals surface area contributed by atoms with Crippen LogP contribution in [0.25, 0.3) is 0 Å². The number of hydrogen-bond acceptors (Lipinski definition) is 3. The summed E-state index contributed by atoms with van der Waals surface area (Å²) in [6, 6.07) is 3.60. The number of aliphatic imine (C=N–C) groups is 1. The molecule has 1 heterocycles. The normalized spacial score (nSPS) is 6.59. The van der Waals surface area contributed by atoms with Crippen LogP contribution >= 0.6 is 0 Å². The zero-order chi connectivity index (χ0) is 14.1. The van der Waals surface area contributed by atoms with Gasteiger partial charge in [0.2, 0.25) is 0 Å². The van der Waals surface area contributed by atoms with Crippen molar-refractivity contribution in [2.75, 3.05) is 5.73 Å². The van der Waals surface area contributed by atoms with Crippen molar-refractivity contribution in [1.82, 2.24) is 4.98 Å². The molecule has 1 rings (SSSR count). The number of pyridine rings is 1. The first-order valence-electron chi connectivity index (χ1n) is 5.43. The molecule has 0 aliphatic heterocycles. The summed E-state index contributed by atoms with van der Waals surface area (Å²) in [5, 5.41) is 0. The number of nitrogens with zero attached hydrogens (tertiary/aromatic N) is 2. The first-order valence-corrected chi connectivity index (χ1v) is 5.43. The second-order valence-corrected chi connectivity index (χ2v) is 2.59. The monoisotopic (exact) mass is 235 g/mol. The van der Waals surface area contributed by atoms with E-state index in [-0.39, 0.29) is 0 Å². The minimum atomic E-state index is 0.711. The van der Waals surface area contributed by atoms with E-state index in [0.29, 0.717) is 5.69 Å². The summed E-state index contributed by atoms with van der Waals surface area (Å²) in [5.41, 5.74) is 6.77. The molecule has 0 amide bonds. The predicted octanol–water partition coefficient (Wildman–Crippen LogP) is 4.10. The van der Waals surface area contributed by atoms with Gasteiger partial charge in [0.1, 0.15) is 0 Å². The highest BCUT2D eigenvalue weighted by Gasteiger charge is 1.73. The maximum absolute atomic E-state index is 5.30. The Hall–Kier alpha value is -1.90. The van der Waals surface area contributed by atoms with Gasteiger partial charge in [-0.2, -0.15) is 0 Å². The first kappa shape index (κ1) is 20.5. The second kappa shape index (κ2) is 19.6. The van der Waals surface area contributed by atoms with E-state index >= 15 is 0 Å². The molecule has 2 N–H and O–H groups in total. The second-order valence-electron chi connectivity index (χ2n) is 2.59. The third kappa shape index (κ3) is 31.5. The maximum atomic E-state index is 5.30. The van der Waals surface area contributed by atoms with E-state index in [9.17, 15) is 0 Å². The Morgan fingerprint density at radius 1 is 1.47 bits per heavy atom. The lowest BCUT2D eigenvalue weighted by Gasteiger charge is -1.83. The smallest absolute Gasteiger partial charge is 0.0500 e. The van der Waals surface area contributed by atoms with E-state index in [0.717, 1.165) is 5.70 Å². The van der Waals surface area contributed by atoms with Gasteiger partial charge in [-0.25, -0.2) is 0 Å². The van der Waals surface area contributed by atoms with Crippen LogP contribution in [0.1, 0.15) is 27.7 Å². The summed E-state index contributed by atoms with van der Waals surface area (Å²) in [6.45, 7) is 17.7. The van der Waals surface area contributed by atoms with Gasteiger partial charge < -0.3 is 5.73 Å². The number of rotatable bonds is 1. The number of nitrogens with two attached hydrogens (primary N) is 1. The first-order chi connectivity index (χ1) is 8.08. The standard InChI is InChI=1S/C5H6N2.C4H7N.C3H6.C2H6/c6-5-2-1-3-7-4-5;1-4(2)5-3;1-3-2;1-2/h1-4H,6H2;1,3H2,2H3;3H,1H2,2H3;1-2H3. The fraction of sp³-hybridized carbons (Fsp3) is 0.286. The Kier molecular flexibility index (Phi) is 23.7. The molecule has 0 aromatic carbocycles. The quantitative estimate of drug-likeness (QED) is 0.588. The number of allylic oxidation sites excluding steroid dienone is 2. The van der Waals surface area contributed by atoms with E-state index in [4.69, 9.17) is 5.73 Å². The zero-order valence-electron chi connectivity index (χ0n) is 11.5. The minimum absolute atomic E-state index is 0.711. The highest BCUT2D eigenvalue weighted by Crippen LogP contribution is 1.92. The summed E-state index contributed by atoms with van der Waals surface area (Å²) in [6.07, 6.45) is 5.05. The maximum Gasteiger partial charge on any atom is 0.0500 e. The van der Waals surface area contributed by atoms with Crippen molar-refractivity contribution in [3.8, 4) is 0 Å². The van der Waals surface area contributed by atoms with E-state index in [1.54, 1.807) is 37.5 Å². The molecule has 0 saturated carbocycles. The van der Waals surface area contributed by atoms with E-state index in [2.05, 4.69) is 29.9 Å². The highest BCUT2D eigenvalue weighted by molar-refractivity contribution is 5.32. The molecular weight excluding hydrogens is 210 g/mol. The lowest BCUT2D eigenvalue weighted by Crippen LogP contribution is -1.82. The van der Waals surface area contributed by atoms with Gasteiger partial charge in [0, 0.05) is 18.1 Å². The van der Waals surface area contributed by atoms with Crippen LogP contribution in [0.4, 0.5) is 5.69 Å². The van der Waals surface area contributed by atoms with Crippen molar-refractivity contribution >= 4 is 12.4 Å². The lowest BCUT2D eigenvalue weighted by molar-refractivity contribution is 1.33. The van der Waals surface area contributed by atoms with Gasteiger partial charge in [-0.05, 0) is 32.7 Å². The van der Waals surface area contributed by atoms with Crippen molar-refractivity contribution in [3.63, 3.8) is 0 Å². The topological polar surface area (TPSA) is 51.3 Å². The van der Waals surface area contributed by atoms with Gasteiger partial charge in [0.15, 0.2) is 0 Å². The Morgan fingerprint density at radius 2 is 1.88 bits per heavy atom. The third-order valence-corrected chi connectivity index (χ3v) is 0.954. The molecule has 0 aliphatic carbocycles. The van der Waals surface area contributed by atoms with Gasteiger partial charge in [0.05, 0.1) is 5.69 Å². The molecule has 0 atom stereocenters. The molecule has 0 fully saturated rings. The lowest BCUT2D eigenvalue weighted by atomic mass is 10.4. The molecule has 3 nitrogen and oxygen atoms in total. The van der Waals surface area contributed by atoms with Crippen molar-refractivity contribution < 1.29 is 0 Å². The molecule has 1 aromatic heterocycles. The third-order valence-electron chi connectivity index (χ3n) is 0.954. The van der Waals surface area contributed by atoms with Crippen LogP contribution < -0.4 is 5.73 Å². The predicted molar refractivity (Wildman–Crippen MR) is 80.2 cm³/mol. The highest BCUT2D eigenvalue weighted by atomic mass is 14.7. The fourth-order valence-corrected chi connectivity index (χ4v) is 0.376. The largest absolute Gasteiger partial charge is 0.397 e. The number of nitrogen functional groups attached to an aromatic ring is 1. The Balaban J connectivity index is -0.000000174. The molecule has 0 aliphatic rings. The van der Waals surface area contributed by atoms with Crippen LogP contribution in [0.5, 0.6) is 0 Å². The van der Waals surface area contributed by atoms with E-state index < -0.39 is 0 Å². The van der Waals surface area contributed by atoms with Crippen molar-refractivity contribution in [3.05, 3.63) is 49.5 Å². The summed E-state index contributed by atoms with van der Waals surface area (Å²) in [5.74, 6) is 0. The Labute approximate surface area is 106 Å². The van der Waals surface area contributed by atoms with Crippen LogP contribution in [-0.4, -0.2) is 11.7 Å². The van der Waals surface area contributed by atoms with Gasteiger partial charge >= 0.3 is 0 Å². The van der Waals surface area contributed by atoms with Crippen LogP contribution in [0.2, 0.25) is 0 Å². The average molecular weight is 235 g/mol. The van der Waals surface area contributed by atoms with E-state index in [1.807, 2.05) is 20.8 Å². The van der Waals surface area contributed by atoms with Crippen molar-refractivity contribution in [2.45, 2.75) is 27.7 Å². The van der Waals surface area contributed by atoms with Crippen LogP contribution in [-0.2, 0) is 0 Å². The summed E-state index contributed by atoms with van der Waals surface area (Å²) in [7, 11) is 0. The average Bonchev–Trinajstić information content (AvgIpc) is 2.34. The molecule has 0 spiro atoms. The number of aromatic nitrogens is 1. The van der Waals surface area contributed by atoms with Gasteiger partial charge in [-0.3, -0.25) is 9.98 Å². The number of anilines is 1. The minimum Gasteiger partial charge on any atom is -0.397 e. The molecule has 17 heavy (non-hydrogen) atoms. The zero-order valence-corrected chi connectivity index (χ0v) is 11.5. The van der Waals surface area contributed by atoms with Crippen LogP contribution in [0.3, 0.4) is 0 Å². The van der Waals surface area contributed by atoms with Crippen molar-refractivity contribution in [1.29, 1.82) is 0 Å². The van der Waals surface area contributed by atoms with Crippen molar-refractivity contribution in [2.24, 2.45) is 4.99 Å². The summed E-state index contributed by atoms with van der Waals surface area (Å²) < 4.78 is 0. The summed E-state index contributed by atoms with van der Waals surface area (Å²) in [4.78, 5) is 7.20. The molecule has 1 aromatic rings. The van der Waals surface area contributed by atoms with Crippen LogP contribution in [0.15, 0.2) is 54.4 Å². The Bertz CT molecular complexity index is 279. The molecule has 0 bridgehead atoms. The number of hydrogen-bond donors (Lipinski definition) is 1. The van der Waals surface area contributed by atoms with Gasteiger partial charge in [-0.1, -0.05) is 26.5 Å². The molecule has 0 unspecified atom stereocenters.